The van der Waals surface area contributed by atoms with Gasteiger partial charge in [0.1, 0.15) is 22.3 Å². The van der Waals surface area contributed by atoms with E-state index < -0.39 is 0 Å². The summed E-state index contributed by atoms with van der Waals surface area (Å²) in [5.74, 6) is 0. The van der Waals surface area contributed by atoms with E-state index in [2.05, 4.69) is 205 Å². The first kappa shape index (κ1) is 34.9. The van der Waals surface area contributed by atoms with Gasteiger partial charge in [-0.05, 0) is 134 Å². The van der Waals surface area contributed by atoms with Crippen LogP contribution in [0.1, 0.15) is 0 Å². The van der Waals surface area contributed by atoms with Gasteiger partial charge in [-0.3, -0.25) is 0 Å². The Kier molecular flexibility index (Phi) is 8.17. The molecule has 0 aliphatic carbocycles. The molecule has 0 radical (unpaired) electrons. The fraction of sp³-hybridized carbons (Fsp3) is 0. The van der Waals surface area contributed by atoms with E-state index in [1.54, 1.807) is 0 Å². The van der Waals surface area contributed by atoms with Gasteiger partial charge in [0.05, 0.1) is 0 Å². The standard InChI is InChI=1S/C58H37NO2/c1-2-10-41-34-46(20-19-38(41)9-1)45-14-8-13-44(35-45)43-12-7-11-42(33-43)39-21-26-48(27-22-39)59(50-30-31-53-51-15-3-5-17-55(51)61-58(53)37-50)49-28-23-40(24-29-49)47-25-32-57-54(36-47)52-16-4-6-18-56(52)60-57/h1-37H. The van der Waals surface area contributed by atoms with Crippen molar-refractivity contribution < 1.29 is 8.83 Å². The lowest BCUT2D eigenvalue weighted by molar-refractivity contribution is 0.668. The first-order valence-electron chi connectivity index (χ1n) is 20.7. The molecular formula is C58H37NO2. The quantitative estimate of drug-likeness (QED) is 0.161. The van der Waals surface area contributed by atoms with E-state index >= 15 is 0 Å². The second-order valence-electron chi connectivity index (χ2n) is 15.7. The Balaban J connectivity index is 0.894. The van der Waals surface area contributed by atoms with Crippen LogP contribution in [-0.4, -0.2) is 0 Å². The van der Waals surface area contributed by atoms with E-state index in [1.165, 1.54) is 38.6 Å². The molecule has 0 unspecified atom stereocenters. The van der Waals surface area contributed by atoms with Crippen molar-refractivity contribution in [1.29, 1.82) is 0 Å². The fourth-order valence-electron chi connectivity index (χ4n) is 8.94. The van der Waals surface area contributed by atoms with Crippen molar-refractivity contribution in [2.45, 2.75) is 0 Å². The monoisotopic (exact) mass is 779 g/mol. The predicted octanol–water partition coefficient (Wildman–Crippen LogP) is 16.8. The van der Waals surface area contributed by atoms with Crippen LogP contribution in [0.2, 0.25) is 0 Å². The van der Waals surface area contributed by atoms with Crippen molar-refractivity contribution >= 4 is 71.7 Å². The van der Waals surface area contributed by atoms with E-state index in [4.69, 9.17) is 8.83 Å². The lowest BCUT2D eigenvalue weighted by Gasteiger charge is -2.26. The maximum absolute atomic E-state index is 6.39. The molecule has 0 atom stereocenters. The van der Waals surface area contributed by atoms with Gasteiger partial charge < -0.3 is 13.7 Å². The van der Waals surface area contributed by atoms with Gasteiger partial charge in [0, 0.05) is 44.7 Å². The molecule has 3 nitrogen and oxygen atoms in total. The van der Waals surface area contributed by atoms with Crippen LogP contribution in [0.3, 0.4) is 0 Å². The molecular weight excluding hydrogens is 743 g/mol. The molecule has 12 aromatic rings. The third-order valence-electron chi connectivity index (χ3n) is 12.1. The van der Waals surface area contributed by atoms with Crippen molar-refractivity contribution in [2.75, 3.05) is 4.90 Å². The molecule has 10 aromatic carbocycles. The maximum Gasteiger partial charge on any atom is 0.137 e. The zero-order valence-corrected chi connectivity index (χ0v) is 33.1. The van der Waals surface area contributed by atoms with Gasteiger partial charge in [0.25, 0.3) is 0 Å². The van der Waals surface area contributed by atoms with Crippen LogP contribution in [0.5, 0.6) is 0 Å². The molecule has 2 heterocycles. The zero-order chi connectivity index (χ0) is 40.3. The van der Waals surface area contributed by atoms with E-state index in [0.29, 0.717) is 0 Å². The molecule has 0 amide bonds. The van der Waals surface area contributed by atoms with E-state index in [9.17, 15) is 0 Å². The van der Waals surface area contributed by atoms with Crippen molar-refractivity contribution in [3.8, 4) is 44.5 Å². The highest BCUT2D eigenvalue weighted by Gasteiger charge is 2.17. The van der Waals surface area contributed by atoms with Gasteiger partial charge in [0.15, 0.2) is 0 Å². The van der Waals surface area contributed by atoms with Gasteiger partial charge in [-0.2, -0.15) is 0 Å². The number of hydrogen-bond donors (Lipinski definition) is 0. The molecule has 0 N–H and O–H groups in total. The molecule has 0 aliphatic rings. The van der Waals surface area contributed by atoms with Crippen LogP contribution in [-0.2, 0) is 0 Å². The Hall–Kier alpha value is -8.14. The number of furan rings is 2. The summed E-state index contributed by atoms with van der Waals surface area (Å²) in [4.78, 5) is 2.31. The number of anilines is 3. The lowest BCUT2D eigenvalue weighted by atomic mass is 9.95. The third-order valence-corrected chi connectivity index (χ3v) is 12.1. The van der Waals surface area contributed by atoms with Gasteiger partial charge in [-0.25, -0.2) is 0 Å². The first-order chi connectivity index (χ1) is 30.2. The number of hydrogen-bond acceptors (Lipinski definition) is 3. The minimum absolute atomic E-state index is 0.860. The summed E-state index contributed by atoms with van der Waals surface area (Å²) in [6.07, 6.45) is 0. The number of para-hydroxylation sites is 2. The Morgan fingerprint density at radius 3 is 1.33 bits per heavy atom. The van der Waals surface area contributed by atoms with Crippen LogP contribution >= 0.6 is 0 Å². The normalized spacial score (nSPS) is 11.6. The van der Waals surface area contributed by atoms with Crippen LogP contribution in [0, 0.1) is 0 Å². The molecule has 0 aliphatic heterocycles. The average Bonchev–Trinajstić information content (AvgIpc) is 3.90. The molecule has 0 bridgehead atoms. The van der Waals surface area contributed by atoms with Crippen molar-refractivity contribution in [3.63, 3.8) is 0 Å². The van der Waals surface area contributed by atoms with Gasteiger partial charge in [0.2, 0.25) is 0 Å². The molecule has 0 spiro atoms. The van der Waals surface area contributed by atoms with Crippen LogP contribution in [0.4, 0.5) is 17.1 Å². The Morgan fingerprint density at radius 1 is 0.230 bits per heavy atom. The molecule has 2 aromatic heterocycles. The van der Waals surface area contributed by atoms with Gasteiger partial charge in [-0.15, -0.1) is 0 Å². The van der Waals surface area contributed by atoms with Crippen molar-refractivity contribution in [1.82, 2.24) is 0 Å². The van der Waals surface area contributed by atoms with Crippen LogP contribution in [0.25, 0.3) is 99.2 Å². The summed E-state index contributed by atoms with van der Waals surface area (Å²) in [5, 5.41) is 6.98. The molecule has 0 fully saturated rings. The summed E-state index contributed by atoms with van der Waals surface area (Å²) in [6.45, 7) is 0. The topological polar surface area (TPSA) is 29.5 Å². The summed E-state index contributed by atoms with van der Waals surface area (Å²) >= 11 is 0. The second kappa shape index (κ2) is 14.3. The molecule has 12 rings (SSSR count). The second-order valence-corrected chi connectivity index (χ2v) is 15.7. The molecule has 286 valence electrons. The Bertz CT molecular complexity index is 3590. The predicted molar refractivity (Wildman–Crippen MR) is 255 cm³/mol. The average molecular weight is 780 g/mol. The highest BCUT2D eigenvalue weighted by atomic mass is 16.3. The summed E-state index contributed by atoms with van der Waals surface area (Å²) in [5.41, 5.74) is 16.1. The number of fused-ring (bicyclic) bond motifs is 7. The first-order valence-corrected chi connectivity index (χ1v) is 20.7. The number of nitrogens with zero attached hydrogens (tertiary/aromatic N) is 1. The van der Waals surface area contributed by atoms with E-state index in [-0.39, 0.29) is 0 Å². The summed E-state index contributed by atoms with van der Waals surface area (Å²) < 4.78 is 12.5. The highest BCUT2D eigenvalue weighted by Crippen LogP contribution is 2.41. The molecule has 3 heteroatoms. The fourth-order valence-corrected chi connectivity index (χ4v) is 8.94. The SMILES string of the molecule is c1cc(-c2ccc(N(c3ccc(-c4ccc5oc6ccccc6c5c4)cc3)c3ccc4c(c3)oc3ccccc34)cc2)cc(-c2cccc(-c3ccc4ccccc4c3)c2)c1. The molecule has 0 saturated carbocycles. The van der Waals surface area contributed by atoms with Gasteiger partial charge >= 0.3 is 0 Å². The minimum atomic E-state index is 0.860. The summed E-state index contributed by atoms with van der Waals surface area (Å²) in [7, 11) is 0. The van der Waals surface area contributed by atoms with Gasteiger partial charge in [-0.1, -0.05) is 140 Å². The van der Waals surface area contributed by atoms with Crippen molar-refractivity contribution in [3.05, 3.63) is 224 Å². The minimum Gasteiger partial charge on any atom is -0.456 e. The van der Waals surface area contributed by atoms with E-state index in [0.717, 1.165) is 77.6 Å². The van der Waals surface area contributed by atoms with Crippen molar-refractivity contribution in [2.24, 2.45) is 0 Å². The lowest BCUT2D eigenvalue weighted by Crippen LogP contribution is -2.09. The Labute approximate surface area is 353 Å². The maximum atomic E-state index is 6.39. The highest BCUT2D eigenvalue weighted by molar-refractivity contribution is 6.07. The smallest absolute Gasteiger partial charge is 0.137 e. The van der Waals surface area contributed by atoms with E-state index in [1.807, 2.05) is 24.3 Å². The number of rotatable bonds is 7. The molecule has 0 saturated heterocycles. The largest absolute Gasteiger partial charge is 0.456 e. The van der Waals surface area contributed by atoms with Crippen LogP contribution in [0.15, 0.2) is 233 Å². The number of benzene rings is 10. The zero-order valence-electron chi connectivity index (χ0n) is 33.1. The summed E-state index contributed by atoms with van der Waals surface area (Å²) in [6, 6.07) is 80.1. The van der Waals surface area contributed by atoms with Crippen LogP contribution < -0.4 is 4.90 Å². The molecule has 61 heavy (non-hydrogen) atoms. The Morgan fingerprint density at radius 2 is 0.672 bits per heavy atom. The third kappa shape index (κ3) is 6.23.